The molecule has 1 aromatic rings. The van der Waals surface area contributed by atoms with Crippen molar-refractivity contribution in [3.8, 4) is 11.5 Å². The lowest BCUT2D eigenvalue weighted by Crippen LogP contribution is -2.38. The molecule has 1 saturated heterocycles. The molecule has 0 saturated carbocycles. The third-order valence-corrected chi connectivity index (χ3v) is 4.17. The Bertz CT molecular complexity index is 506. The van der Waals surface area contributed by atoms with Gasteiger partial charge in [-0.1, -0.05) is 12.1 Å². The highest BCUT2D eigenvalue weighted by Crippen LogP contribution is 2.40. The summed E-state index contributed by atoms with van der Waals surface area (Å²) in [5.41, 5.74) is 2.22. The summed E-state index contributed by atoms with van der Waals surface area (Å²) in [5, 5.41) is 19.6. The molecule has 1 aliphatic carbocycles. The van der Waals surface area contributed by atoms with Gasteiger partial charge in [-0.15, -0.1) is 0 Å². The second-order valence-electron chi connectivity index (χ2n) is 5.46. The minimum atomic E-state index is 0.110. The second kappa shape index (κ2) is 5.75. The molecule has 0 spiro atoms. The van der Waals surface area contributed by atoms with Crippen LogP contribution in [0.4, 0.5) is 0 Å². The Morgan fingerprint density at radius 1 is 1.15 bits per heavy atom. The van der Waals surface area contributed by atoms with E-state index >= 15 is 0 Å². The first-order valence-electron chi connectivity index (χ1n) is 7.30. The predicted octanol–water partition coefficient (Wildman–Crippen LogP) is 2.58. The maximum absolute atomic E-state index is 10.1. The van der Waals surface area contributed by atoms with Gasteiger partial charge in [-0.3, -0.25) is 0 Å². The zero-order valence-corrected chi connectivity index (χ0v) is 11.6. The van der Waals surface area contributed by atoms with E-state index in [0.29, 0.717) is 0 Å². The number of benzene rings is 1. The Kier molecular flexibility index (Phi) is 3.83. The molecule has 1 aliphatic heterocycles. The van der Waals surface area contributed by atoms with Crippen LogP contribution in [0.15, 0.2) is 30.0 Å². The maximum Gasteiger partial charge on any atom is 0.123 e. The molecule has 1 heterocycles. The summed E-state index contributed by atoms with van der Waals surface area (Å²) >= 11 is 0. The summed E-state index contributed by atoms with van der Waals surface area (Å²) in [5.74, 6) is 0.525. The SMILES string of the molecule is Oc1ccc(C2CCCC=C2N2CCOCC2)c(O)c1. The predicted molar refractivity (Wildman–Crippen MR) is 76.8 cm³/mol. The van der Waals surface area contributed by atoms with Crippen LogP contribution in [0.25, 0.3) is 0 Å². The van der Waals surface area contributed by atoms with Crippen molar-refractivity contribution in [2.24, 2.45) is 0 Å². The topological polar surface area (TPSA) is 52.9 Å². The van der Waals surface area contributed by atoms with Crippen LogP contribution in [-0.2, 0) is 4.74 Å². The van der Waals surface area contributed by atoms with Crippen molar-refractivity contribution in [1.82, 2.24) is 4.90 Å². The number of phenolic OH excluding ortho intramolecular Hbond substituents is 2. The standard InChI is InChI=1S/C16H21NO3/c18-12-5-6-14(16(19)11-12)13-3-1-2-4-15(13)17-7-9-20-10-8-17/h4-6,11,13,18-19H,1-3,7-10H2. The second-order valence-corrected chi connectivity index (χ2v) is 5.46. The Labute approximate surface area is 119 Å². The number of phenols is 2. The number of aromatic hydroxyl groups is 2. The molecule has 3 rings (SSSR count). The molecule has 0 radical (unpaired) electrons. The first-order chi connectivity index (χ1) is 9.75. The van der Waals surface area contributed by atoms with E-state index in [0.717, 1.165) is 51.1 Å². The zero-order valence-electron chi connectivity index (χ0n) is 11.6. The molecule has 0 aromatic heterocycles. The number of allylic oxidation sites excluding steroid dienone is 2. The molecule has 1 atom stereocenters. The van der Waals surface area contributed by atoms with Crippen LogP contribution in [0.1, 0.15) is 30.7 Å². The van der Waals surface area contributed by atoms with Gasteiger partial charge >= 0.3 is 0 Å². The summed E-state index contributed by atoms with van der Waals surface area (Å²) < 4.78 is 5.42. The lowest BCUT2D eigenvalue weighted by Gasteiger charge is -2.37. The largest absolute Gasteiger partial charge is 0.508 e. The van der Waals surface area contributed by atoms with Crippen molar-refractivity contribution in [3.05, 3.63) is 35.5 Å². The zero-order chi connectivity index (χ0) is 13.9. The van der Waals surface area contributed by atoms with E-state index in [1.54, 1.807) is 6.07 Å². The number of ether oxygens (including phenoxy) is 1. The average Bonchev–Trinajstić information content (AvgIpc) is 2.48. The summed E-state index contributed by atoms with van der Waals surface area (Å²) in [4.78, 5) is 2.37. The van der Waals surface area contributed by atoms with Gasteiger partial charge in [-0.05, 0) is 25.3 Å². The van der Waals surface area contributed by atoms with Gasteiger partial charge < -0.3 is 19.8 Å². The molecule has 2 N–H and O–H groups in total. The number of rotatable bonds is 2. The van der Waals surface area contributed by atoms with E-state index in [1.165, 1.54) is 11.8 Å². The number of morpholine rings is 1. The molecule has 1 fully saturated rings. The molecular weight excluding hydrogens is 254 g/mol. The van der Waals surface area contributed by atoms with E-state index in [9.17, 15) is 10.2 Å². The third-order valence-electron chi connectivity index (χ3n) is 4.17. The quantitative estimate of drug-likeness (QED) is 0.871. The Morgan fingerprint density at radius 2 is 1.95 bits per heavy atom. The molecule has 20 heavy (non-hydrogen) atoms. The number of hydrogen-bond acceptors (Lipinski definition) is 4. The van der Waals surface area contributed by atoms with Gasteiger partial charge in [-0.25, -0.2) is 0 Å². The molecule has 0 amide bonds. The van der Waals surface area contributed by atoms with Crippen LogP contribution in [-0.4, -0.2) is 41.4 Å². The van der Waals surface area contributed by atoms with Gasteiger partial charge in [0.25, 0.3) is 0 Å². The molecule has 2 aliphatic rings. The summed E-state index contributed by atoms with van der Waals surface area (Å²) in [6, 6.07) is 4.93. The monoisotopic (exact) mass is 275 g/mol. The minimum absolute atomic E-state index is 0.110. The van der Waals surface area contributed by atoms with Crippen molar-refractivity contribution in [2.75, 3.05) is 26.3 Å². The van der Waals surface area contributed by atoms with Gasteiger partial charge in [0.2, 0.25) is 0 Å². The summed E-state index contributed by atoms with van der Waals surface area (Å²) in [6.45, 7) is 3.37. The van der Waals surface area contributed by atoms with Crippen molar-refractivity contribution in [1.29, 1.82) is 0 Å². The van der Waals surface area contributed by atoms with Crippen LogP contribution in [0.3, 0.4) is 0 Å². The Hall–Kier alpha value is -1.68. The van der Waals surface area contributed by atoms with Gasteiger partial charge in [0.1, 0.15) is 11.5 Å². The van der Waals surface area contributed by atoms with Crippen molar-refractivity contribution < 1.29 is 14.9 Å². The molecular formula is C16H21NO3. The Morgan fingerprint density at radius 3 is 2.70 bits per heavy atom. The lowest BCUT2D eigenvalue weighted by atomic mass is 9.85. The maximum atomic E-state index is 10.1. The molecule has 1 aromatic carbocycles. The Balaban J connectivity index is 1.89. The molecule has 108 valence electrons. The third kappa shape index (κ3) is 2.61. The average molecular weight is 275 g/mol. The summed E-state index contributed by atoms with van der Waals surface area (Å²) in [7, 11) is 0. The first-order valence-corrected chi connectivity index (χ1v) is 7.30. The van der Waals surface area contributed by atoms with Crippen LogP contribution in [0.2, 0.25) is 0 Å². The van der Waals surface area contributed by atoms with Gasteiger partial charge in [0, 0.05) is 36.3 Å². The van der Waals surface area contributed by atoms with Crippen molar-refractivity contribution in [3.63, 3.8) is 0 Å². The minimum Gasteiger partial charge on any atom is -0.508 e. The van der Waals surface area contributed by atoms with Gasteiger partial charge in [0.05, 0.1) is 13.2 Å². The van der Waals surface area contributed by atoms with Crippen molar-refractivity contribution >= 4 is 0 Å². The molecule has 1 unspecified atom stereocenters. The normalized spacial score (nSPS) is 23.5. The summed E-state index contributed by atoms with van der Waals surface area (Å²) in [6.07, 6.45) is 5.58. The molecule has 4 nitrogen and oxygen atoms in total. The molecule has 4 heteroatoms. The van der Waals surface area contributed by atoms with E-state index < -0.39 is 0 Å². The van der Waals surface area contributed by atoms with Crippen LogP contribution in [0, 0.1) is 0 Å². The van der Waals surface area contributed by atoms with Crippen LogP contribution >= 0.6 is 0 Å². The highest BCUT2D eigenvalue weighted by molar-refractivity contribution is 5.44. The van der Waals surface area contributed by atoms with E-state index in [2.05, 4.69) is 11.0 Å². The number of nitrogens with zero attached hydrogens (tertiary/aromatic N) is 1. The fraction of sp³-hybridized carbons (Fsp3) is 0.500. The van der Waals surface area contributed by atoms with E-state index in [1.807, 2.05) is 6.07 Å². The van der Waals surface area contributed by atoms with E-state index in [4.69, 9.17) is 4.74 Å². The van der Waals surface area contributed by atoms with Crippen molar-refractivity contribution in [2.45, 2.75) is 25.2 Å². The number of hydrogen-bond donors (Lipinski definition) is 2. The van der Waals surface area contributed by atoms with E-state index in [-0.39, 0.29) is 17.4 Å². The van der Waals surface area contributed by atoms with Gasteiger partial charge in [-0.2, -0.15) is 0 Å². The highest BCUT2D eigenvalue weighted by atomic mass is 16.5. The van der Waals surface area contributed by atoms with Crippen LogP contribution < -0.4 is 0 Å². The fourth-order valence-corrected chi connectivity index (χ4v) is 3.17. The fourth-order valence-electron chi connectivity index (χ4n) is 3.17. The van der Waals surface area contributed by atoms with Crippen LogP contribution in [0.5, 0.6) is 11.5 Å². The lowest BCUT2D eigenvalue weighted by molar-refractivity contribution is 0.0497. The van der Waals surface area contributed by atoms with Gasteiger partial charge in [0.15, 0.2) is 0 Å². The highest BCUT2D eigenvalue weighted by Gasteiger charge is 2.27. The molecule has 0 bridgehead atoms. The smallest absolute Gasteiger partial charge is 0.123 e. The first kappa shape index (κ1) is 13.3.